The summed E-state index contributed by atoms with van der Waals surface area (Å²) in [6.07, 6.45) is 0. The first-order valence-electron chi connectivity index (χ1n) is 6.70. The molecular weight excluding hydrogens is 278 g/mol. The average molecular weight is 299 g/mol. The molecular formula is C14H21NO4S. The molecule has 0 amide bonds. The quantitative estimate of drug-likeness (QED) is 0.783. The number of hydrogen-bond donors (Lipinski definition) is 1. The summed E-state index contributed by atoms with van der Waals surface area (Å²) in [7, 11) is 0. The number of carbonyl (C=O) groups is 2. The molecule has 0 spiro atoms. The Labute approximate surface area is 123 Å². The zero-order chi connectivity index (χ0) is 15.1. The minimum absolute atomic E-state index is 0.264. The number of carbonyl (C=O) groups excluding carboxylic acids is 2. The molecule has 0 aliphatic heterocycles. The van der Waals surface area contributed by atoms with Crippen LogP contribution in [0.4, 0.5) is 5.00 Å². The predicted octanol–water partition coefficient (Wildman–Crippen LogP) is 3.17. The maximum atomic E-state index is 12.0. The molecule has 0 fully saturated rings. The first kappa shape index (κ1) is 16.5. The van der Waals surface area contributed by atoms with Gasteiger partial charge in [0.25, 0.3) is 0 Å². The van der Waals surface area contributed by atoms with Gasteiger partial charge >= 0.3 is 11.9 Å². The Balaban J connectivity index is 3.05. The van der Waals surface area contributed by atoms with E-state index < -0.39 is 11.9 Å². The summed E-state index contributed by atoms with van der Waals surface area (Å²) in [4.78, 5) is 23.9. The maximum absolute atomic E-state index is 12.0. The molecule has 1 aromatic heterocycles. The molecule has 0 atom stereocenters. The van der Waals surface area contributed by atoms with Gasteiger partial charge in [0.1, 0.15) is 10.6 Å². The lowest BCUT2D eigenvalue weighted by molar-refractivity contribution is 0.0481. The van der Waals surface area contributed by atoms with Crippen molar-refractivity contribution in [3.05, 3.63) is 16.5 Å². The third-order valence-electron chi connectivity index (χ3n) is 2.44. The standard InChI is InChI=1S/C14H21NO4S/c1-5-18-13(16)10-8-20-12(15-7-9(3)4)11(10)14(17)19-6-2/h8-9,15H,5-7H2,1-4H3. The molecule has 1 heterocycles. The number of esters is 2. The van der Waals surface area contributed by atoms with Gasteiger partial charge in [0.15, 0.2) is 0 Å². The summed E-state index contributed by atoms with van der Waals surface area (Å²) in [6.45, 7) is 8.84. The Morgan fingerprint density at radius 2 is 1.80 bits per heavy atom. The fourth-order valence-corrected chi connectivity index (χ4v) is 2.48. The summed E-state index contributed by atoms with van der Waals surface area (Å²) >= 11 is 1.31. The molecule has 0 aliphatic carbocycles. The third kappa shape index (κ3) is 4.23. The number of hydrogen-bond acceptors (Lipinski definition) is 6. The van der Waals surface area contributed by atoms with E-state index in [0.29, 0.717) is 10.9 Å². The van der Waals surface area contributed by atoms with Crippen molar-refractivity contribution >= 4 is 28.3 Å². The van der Waals surface area contributed by atoms with Gasteiger partial charge in [-0.1, -0.05) is 13.8 Å². The zero-order valence-electron chi connectivity index (χ0n) is 12.3. The van der Waals surface area contributed by atoms with Gasteiger partial charge in [0.05, 0.1) is 18.8 Å². The summed E-state index contributed by atoms with van der Waals surface area (Å²) in [5.41, 5.74) is 0.539. The Bertz CT molecular complexity index is 468. The second-order valence-corrected chi connectivity index (χ2v) is 5.45. The van der Waals surface area contributed by atoms with Crippen molar-refractivity contribution in [3.63, 3.8) is 0 Å². The summed E-state index contributed by atoms with van der Waals surface area (Å²) in [5, 5.41) is 5.46. The molecule has 1 rings (SSSR count). The fourth-order valence-electron chi connectivity index (χ4n) is 1.55. The number of rotatable bonds is 7. The molecule has 0 bridgehead atoms. The zero-order valence-corrected chi connectivity index (χ0v) is 13.1. The molecule has 0 aliphatic rings. The molecule has 0 saturated heterocycles. The summed E-state index contributed by atoms with van der Waals surface area (Å²) < 4.78 is 9.99. The van der Waals surface area contributed by atoms with Gasteiger partial charge in [-0.3, -0.25) is 0 Å². The van der Waals surface area contributed by atoms with Crippen LogP contribution in [0.15, 0.2) is 5.38 Å². The van der Waals surface area contributed by atoms with Crippen LogP contribution in [0.25, 0.3) is 0 Å². The van der Waals surface area contributed by atoms with E-state index in [-0.39, 0.29) is 24.3 Å². The van der Waals surface area contributed by atoms with Crippen LogP contribution >= 0.6 is 11.3 Å². The van der Waals surface area contributed by atoms with Crippen molar-refractivity contribution < 1.29 is 19.1 Å². The molecule has 112 valence electrons. The van der Waals surface area contributed by atoms with E-state index in [1.165, 1.54) is 11.3 Å². The predicted molar refractivity (Wildman–Crippen MR) is 79.6 cm³/mol. The van der Waals surface area contributed by atoms with Crippen LogP contribution in [0, 0.1) is 5.92 Å². The van der Waals surface area contributed by atoms with E-state index in [1.54, 1.807) is 19.2 Å². The molecule has 0 saturated carbocycles. The van der Waals surface area contributed by atoms with Gasteiger partial charge < -0.3 is 14.8 Å². The topological polar surface area (TPSA) is 64.6 Å². The van der Waals surface area contributed by atoms with Crippen molar-refractivity contribution in [1.82, 2.24) is 0 Å². The minimum atomic E-state index is -0.497. The molecule has 5 nitrogen and oxygen atoms in total. The molecule has 0 aromatic carbocycles. The normalized spacial score (nSPS) is 10.4. The molecule has 0 unspecified atom stereocenters. The largest absolute Gasteiger partial charge is 0.462 e. The van der Waals surface area contributed by atoms with Gasteiger partial charge in [-0.25, -0.2) is 9.59 Å². The van der Waals surface area contributed by atoms with Crippen LogP contribution in [-0.2, 0) is 9.47 Å². The Hall–Kier alpha value is -1.56. The smallest absolute Gasteiger partial charge is 0.342 e. The number of anilines is 1. The van der Waals surface area contributed by atoms with E-state index in [1.807, 2.05) is 0 Å². The van der Waals surface area contributed by atoms with Crippen molar-refractivity contribution in [1.29, 1.82) is 0 Å². The first-order chi connectivity index (χ1) is 9.51. The average Bonchev–Trinajstić information content (AvgIpc) is 2.80. The van der Waals surface area contributed by atoms with Crippen molar-refractivity contribution in [3.8, 4) is 0 Å². The van der Waals surface area contributed by atoms with Crippen LogP contribution in [0.3, 0.4) is 0 Å². The van der Waals surface area contributed by atoms with Crippen LogP contribution in [0.1, 0.15) is 48.4 Å². The van der Waals surface area contributed by atoms with E-state index >= 15 is 0 Å². The highest BCUT2D eigenvalue weighted by Crippen LogP contribution is 2.30. The SMILES string of the molecule is CCOC(=O)c1csc(NCC(C)C)c1C(=O)OCC. The van der Waals surface area contributed by atoms with E-state index in [0.717, 1.165) is 6.54 Å². The Kier molecular flexibility index (Phi) is 6.51. The van der Waals surface area contributed by atoms with Gasteiger partial charge in [-0.2, -0.15) is 0 Å². The summed E-state index contributed by atoms with van der Waals surface area (Å²) in [5.74, 6) is -0.564. The van der Waals surface area contributed by atoms with E-state index in [9.17, 15) is 9.59 Å². The number of thiophene rings is 1. The van der Waals surface area contributed by atoms with Gasteiger partial charge in [-0.05, 0) is 19.8 Å². The van der Waals surface area contributed by atoms with Crippen molar-refractivity contribution in [2.75, 3.05) is 25.1 Å². The van der Waals surface area contributed by atoms with E-state index in [2.05, 4.69) is 19.2 Å². The van der Waals surface area contributed by atoms with Crippen LogP contribution < -0.4 is 5.32 Å². The van der Waals surface area contributed by atoms with Gasteiger partial charge in [-0.15, -0.1) is 11.3 Å². The van der Waals surface area contributed by atoms with Crippen LogP contribution in [-0.4, -0.2) is 31.7 Å². The second-order valence-electron chi connectivity index (χ2n) is 4.57. The Morgan fingerprint density at radius 3 is 2.35 bits per heavy atom. The lowest BCUT2D eigenvalue weighted by Crippen LogP contribution is -2.15. The van der Waals surface area contributed by atoms with Crippen LogP contribution in [0.5, 0.6) is 0 Å². The lowest BCUT2D eigenvalue weighted by atomic mass is 10.1. The van der Waals surface area contributed by atoms with Crippen LogP contribution in [0.2, 0.25) is 0 Å². The van der Waals surface area contributed by atoms with Gasteiger partial charge in [0.2, 0.25) is 0 Å². The molecule has 1 N–H and O–H groups in total. The molecule has 20 heavy (non-hydrogen) atoms. The second kappa shape index (κ2) is 7.89. The fraction of sp³-hybridized carbons (Fsp3) is 0.571. The summed E-state index contributed by atoms with van der Waals surface area (Å²) in [6, 6.07) is 0. The van der Waals surface area contributed by atoms with E-state index in [4.69, 9.17) is 9.47 Å². The number of ether oxygens (including phenoxy) is 2. The number of nitrogens with one attached hydrogen (secondary N) is 1. The monoisotopic (exact) mass is 299 g/mol. The highest BCUT2D eigenvalue weighted by molar-refractivity contribution is 7.15. The van der Waals surface area contributed by atoms with Crippen molar-refractivity contribution in [2.45, 2.75) is 27.7 Å². The van der Waals surface area contributed by atoms with Crippen molar-refractivity contribution in [2.24, 2.45) is 5.92 Å². The first-order valence-corrected chi connectivity index (χ1v) is 7.58. The molecule has 6 heteroatoms. The Morgan fingerprint density at radius 1 is 1.20 bits per heavy atom. The maximum Gasteiger partial charge on any atom is 0.342 e. The molecule has 1 aromatic rings. The lowest BCUT2D eigenvalue weighted by Gasteiger charge is -2.10. The van der Waals surface area contributed by atoms with Gasteiger partial charge in [0, 0.05) is 11.9 Å². The minimum Gasteiger partial charge on any atom is -0.462 e. The third-order valence-corrected chi connectivity index (χ3v) is 3.37. The molecule has 0 radical (unpaired) electrons. The highest BCUT2D eigenvalue weighted by atomic mass is 32.1. The highest BCUT2D eigenvalue weighted by Gasteiger charge is 2.25.